The summed E-state index contributed by atoms with van der Waals surface area (Å²) in [6.45, 7) is 2.42. The summed E-state index contributed by atoms with van der Waals surface area (Å²) < 4.78 is 5.96. The van der Waals surface area contributed by atoms with Crippen molar-refractivity contribution in [2.45, 2.75) is 25.5 Å². The highest BCUT2D eigenvalue weighted by atomic mass is 16.6. The minimum Gasteiger partial charge on any atom is -0.445 e. The van der Waals surface area contributed by atoms with E-state index >= 15 is 0 Å². The molecule has 2 heterocycles. The summed E-state index contributed by atoms with van der Waals surface area (Å²) in [5.41, 5.74) is 8.49. The van der Waals surface area contributed by atoms with Crippen LogP contribution in [0.4, 0.5) is 10.5 Å². The van der Waals surface area contributed by atoms with Crippen molar-refractivity contribution < 1.29 is 14.3 Å². The van der Waals surface area contributed by atoms with Gasteiger partial charge in [-0.2, -0.15) is 0 Å². The first kappa shape index (κ1) is 20.8. The Bertz CT molecular complexity index is 1700. The summed E-state index contributed by atoms with van der Waals surface area (Å²) in [5.74, 6) is -0.286. The molecule has 1 aliphatic heterocycles. The van der Waals surface area contributed by atoms with Crippen LogP contribution in [0, 0.1) is 0 Å². The number of hydrogen-bond donors (Lipinski definition) is 3. The van der Waals surface area contributed by atoms with Gasteiger partial charge in [0.1, 0.15) is 6.10 Å². The van der Waals surface area contributed by atoms with Crippen molar-refractivity contribution in [1.82, 2.24) is 10.3 Å². The van der Waals surface area contributed by atoms with Gasteiger partial charge in [0.15, 0.2) is 0 Å². The second-order valence-electron chi connectivity index (χ2n) is 9.41. The van der Waals surface area contributed by atoms with E-state index in [1.807, 2.05) is 61.5 Å². The number of carbonyl (C=O) groups excluding carboxylic acids is 2. The maximum Gasteiger partial charge on any atom is 0.411 e. The lowest BCUT2D eigenvalue weighted by Gasteiger charge is -2.23. The van der Waals surface area contributed by atoms with Crippen molar-refractivity contribution in [1.29, 1.82) is 0 Å². The molecule has 0 saturated heterocycles. The molecule has 1 aliphatic carbocycles. The van der Waals surface area contributed by atoms with Gasteiger partial charge in [-0.25, -0.2) is 4.79 Å². The van der Waals surface area contributed by atoms with Crippen LogP contribution in [-0.2, 0) is 11.3 Å². The standard InChI is InChI=1S/C30H23N3O3/c1-16(36-30(35)32-17-9-3-2-4-10-17)23-18-11-5-6-12-19(18)25-26-21(15-31-29(26)34)24-20-13-7-8-14-22(20)33-28(24)27(23)25/h2-14,16,23,33H,15H2,1H3,(H,31,34)(H,32,35)/t16-,23+/m1/s1. The zero-order valence-electron chi connectivity index (χ0n) is 19.6. The third-order valence-corrected chi connectivity index (χ3v) is 7.41. The SMILES string of the molecule is C[C@@H](OC(=O)Nc1ccccc1)[C@H]1c2ccccc2-c2c3c(c4c([nH]c5ccccc54)c21)CNC3=O. The number of amides is 2. The van der Waals surface area contributed by atoms with Crippen LogP contribution in [0.2, 0.25) is 0 Å². The topological polar surface area (TPSA) is 83.2 Å². The van der Waals surface area contributed by atoms with Crippen LogP contribution in [0.25, 0.3) is 32.9 Å². The zero-order valence-corrected chi connectivity index (χ0v) is 19.6. The fourth-order valence-electron chi connectivity index (χ4n) is 6.01. The lowest BCUT2D eigenvalue weighted by molar-refractivity contribution is 0.0965. The summed E-state index contributed by atoms with van der Waals surface area (Å²) in [5, 5.41) is 8.02. The third kappa shape index (κ3) is 2.91. The van der Waals surface area contributed by atoms with Crippen molar-refractivity contribution in [3.8, 4) is 11.1 Å². The van der Waals surface area contributed by atoms with Crippen LogP contribution >= 0.6 is 0 Å². The van der Waals surface area contributed by atoms with E-state index in [4.69, 9.17) is 4.74 Å². The molecule has 5 aromatic rings. The number of ether oxygens (including phenoxy) is 1. The smallest absolute Gasteiger partial charge is 0.411 e. The molecule has 3 N–H and O–H groups in total. The van der Waals surface area contributed by atoms with E-state index in [0.717, 1.165) is 55.2 Å². The quantitative estimate of drug-likeness (QED) is 0.287. The molecule has 1 aromatic heterocycles. The van der Waals surface area contributed by atoms with Crippen molar-refractivity contribution in [2.75, 3.05) is 5.32 Å². The molecule has 36 heavy (non-hydrogen) atoms. The first-order valence-corrected chi connectivity index (χ1v) is 12.1. The van der Waals surface area contributed by atoms with Crippen molar-refractivity contribution >= 4 is 39.5 Å². The van der Waals surface area contributed by atoms with Gasteiger partial charge in [0, 0.05) is 40.0 Å². The molecule has 0 unspecified atom stereocenters. The largest absolute Gasteiger partial charge is 0.445 e. The Kier molecular flexibility index (Phi) is 4.45. The average Bonchev–Trinajstić information content (AvgIpc) is 3.55. The van der Waals surface area contributed by atoms with E-state index in [-0.39, 0.29) is 11.8 Å². The van der Waals surface area contributed by atoms with E-state index in [1.54, 1.807) is 0 Å². The van der Waals surface area contributed by atoms with Gasteiger partial charge in [0.05, 0.1) is 11.1 Å². The summed E-state index contributed by atoms with van der Waals surface area (Å²) in [6, 6.07) is 25.6. The van der Waals surface area contributed by atoms with Crippen LogP contribution in [0.1, 0.15) is 39.9 Å². The monoisotopic (exact) mass is 473 g/mol. The number of benzene rings is 4. The van der Waals surface area contributed by atoms with Crippen LogP contribution in [0.5, 0.6) is 0 Å². The third-order valence-electron chi connectivity index (χ3n) is 7.41. The second-order valence-corrected chi connectivity index (χ2v) is 9.41. The van der Waals surface area contributed by atoms with E-state index in [2.05, 4.69) is 39.9 Å². The number of H-pyrrole nitrogens is 1. The van der Waals surface area contributed by atoms with E-state index in [0.29, 0.717) is 12.2 Å². The molecule has 0 radical (unpaired) electrons. The number of anilines is 1. The lowest BCUT2D eigenvalue weighted by atomic mass is 9.87. The van der Waals surface area contributed by atoms with Crippen LogP contribution in [0.15, 0.2) is 78.9 Å². The molecule has 2 amide bonds. The minimum atomic E-state index is -0.508. The van der Waals surface area contributed by atoms with Crippen molar-refractivity contribution in [3.63, 3.8) is 0 Å². The van der Waals surface area contributed by atoms with Gasteiger partial charge in [-0.3, -0.25) is 10.1 Å². The molecule has 6 nitrogen and oxygen atoms in total. The maximum absolute atomic E-state index is 13.2. The van der Waals surface area contributed by atoms with Gasteiger partial charge in [-0.05, 0) is 47.4 Å². The lowest BCUT2D eigenvalue weighted by Crippen LogP contribution is -2.25. The number of carbonyl (C=O) groups is 2. The number of nitrogens with one attached hydrogen (secondary N) is 3. The normalized spacial score (nSPS) is 16.4. The van der Waals surface area contributed by atoms with E-state index < -0.39 is 12.2 Å². The molecule has 0 spiro atoms. The summed E-state index contributed by atoms with van der Waals surface area (Å²) in [6.07, 6.45) is -0.986. The van der Waals surface area contributed by atoms with Gasteiger partial charge in [-0.15, -0.1) is 0 Å². The molecular weight excluding hydrogens is 450 g/mol. The van der Waals surface area contributed by atoms with Crippen LogP contribution < -0.4 is 10.6 Å². The molecule has 7 rings (SSSR count). The predicted molar refractivity (Wildman–Crippen MR) is 140 cm³/mol. The molecule has 0 bridgehead atoms. The zero-order chi connectivity index (χ0) is 24.4. The molecule has 4 aromatic carbocycles. The fourth-order valence-corrected chi connectivity index (χ4v) is 6.01. The molecule has 176 valence electrons. The Hall–Kier alpha value is -4.58. The number of fused-ring (bicyclic) bond motifs is 10. The Morgan fingerprint density at radius 3 is 2.58 bits per heavy atom. The number of hydrogen-bond acceptors (Lipinski definition) is 3. The van der Waals surface area contributed by atoms with Crippen molar-refractivity contribution in [3.05, 3.63) is 101 Å². The number of aromatic amines is 1. The summed E-state index contributed by atoms with van der Waals surface area (Å²) in [7, 11) is 0. The van der Waals surface area contributed by atoms with Gasteiger partial charge in [-0.1, -0.05) is 60.7 Å². The van der Waals surface area contributed by atoms with Gasteiger partial charge < -0.3 is 15.0 Å². The first-order chi connectivity index (χ1) is 17.6. The van der Waals surface area contributed by atoms with Gasteiger partial charge in [0.25, 0.3) is 5.91 Å². The van der Waals surface area contributed by atoms with Crippen LogP contribution in [0.3, 0.4) is 0 Å². The van der Waals surface area contributed by atoms with Crippen LogP contribution in [-0.4, -0.2) is 23.1 Å². The molecule has 0 saturated carbocycles. The second kappa shape index (κ2) is 7.71. The number of rotatable bonds is 3. The number of para-hydroxylation sites is 2. The Labute approximate surface area is 207 Å². The average molecular weight is 474 g/mol. The molecule has 0 fully saturated rings. The van der Waals surface area contributed by atoms with E-state index in [9.17, 15) is 9.59 Å². The highest BCUT2D eigenvalue weighted by Gasteiger charge is 2.41. The number of aromatic nitrogens is 1. The highest BCUT2D eigenvalue weighted by molar-refractivity contribution is 6.20. The highest BCUT2D eigenvalue weighted by Crippen LogP contribution is 2.54. The fraction of sp³-hybridized carbons (Fsp3) is 0.133. The first-order valence-electron chi connectivity index (χ1n) is 12.1. The van der Waals surface area contributed by atoms with Crippen molar-refractivity contribution in [2.24, 2.45) is 0 Å². The Balaban J connectivity index is 1.43. The molecule has 2 aliphatic rings. The molecule has 2 atom stereocenters. The van der Waals surface area contributed by atoms with E-state index in [1.165, 1.54) is 0 Å². The summed E-state index contributed by atoms with van der Waals surface area (Å²) in [4.78, 5) is 29.7. The Morgan fingerprint density at radius 2 is 1.72 bits per heavy atom. The van der Waals surface area contributed by atoms with Gasteiger partial charge >= 0.3 is 6.09 Å². The van der Waals surface area contributed by atoms with Gasteiger partial charge in [0.2, 0.25) is 0 Å². The Morgan fingerprint density at radius 1 is 0.972 bits per heavy atom. The maximum atomic E-state index is 13.2. The molecular formula is C30H23N3O3. The predicted octanol–water partition coefficient (Wildman–Crippen LogP) is 6.31. The minimum absolute atomic E-state index is 0.0562. The summed E-state index contributed by atoms with van der Waals surface area (Å²) >= 11 is 0. The molecule has 6 heteroatoms.